The SMILES string of the molecule is CNc1cnc(C(=O)N(C)Cc2cccc(Cl)c2)cn1. The number of aromatic nitrogens is 2. The van der Waals surface area contributed by atoms with Crippen LogP contribution in [0.15, 0.2) is 36.7 Å². The Morgan fingerprint density at radius 2 is 2.15 bits per heavy atom. The van der Waals surface area contributed by atoms with Gasteiger partial charge in [0.15, 0.2) is 0 Å². The third-order valence-electron chi connectivity index (χ3n) is 2.78. The zero-order chi connectivity index (χ0) is 14.5. The van der Waals surface area contributed by atoms with Gasteiger partial charge in [0.05, 0.1) is 12.4 Å². The minimum atomic E-state index is -0.180. The Hall–Kier alpha value is -2.14. The topological polar surface area (TPSA) is 58.1 Å². The summed E-state index contributed by atoms with van der Waals surface area (Å²) in [5.74, 6) is 0.444. The number of carbonyl (C=O) groups excluding carboxylic acids is 1. The van der Waals surface area contributed by atoms with Crippen LogP contribution in [0.4, 0.5) is 5.82 Å². The fraction of sp³-hybridized carbons (Fsp3) is 0.214. The standard InChI is InChI=1S/C14H15ClN4O/c1-16-13-8-17-12(7-18-13)14(20)19(2)9-10-4-3-5-11(15)6-10/h3-8H,9H2,1-2H3,(H,16,18). The number of rotatable bonds is 4. The van der Waals surface area contributed by atoms with Crippen LogP contribution in [0, 0.1) is 0 Å². The highest BCUT2D eigenvalue weighted by Crippen LogP contribution is 2.13. The molecule has 0 unspecified atom stereocenters. The van der Waals surface area contributed by atoms with Gasteiger partial charge in [-0.3, -0.25) is 4.79 Å². The van der Waals surface area contributed by atoms with Crippen molar-refractivity contribution in [3.63, 3.8) is 0 Å². The first-order valence-electron chi connectivity index (χ1n) is 6.10. The Balaban J connectivity index is 2.07. The monoisotopic (exact) mass is 290 g/mol. The van der Waals surface area contributed by atoms with E-state index >= 15 is 0 Å². The average Bonchev–Trinajstić information content (AvgIpc) is 2.46. The minimum absolute atomic E-state index is 0.180. The van der Waals surface area contributed by atoms with Crippen molar-refractivity contribution in [2.24, 2.45) is 0 Å². The molecule has 0 saturated carbocycles. The molecule has 2 rings (SSSR count). The van der Waals surface area contributed by atoms with E-state index in [2.05, 4.69) is 15.3 Å². The predicted molar refractivity (Wildman–Crippen MR) is 78.8 cm³/mol. The Morgan fingerprint density at radius 3 is 2.75 bits per heavy atom. The van der Waals surface area contributed by atoms with Crippen LogP contribution < -0.4 is 5.32 Å². The molecule has 1 amide bonds. The van der Waals surface area contributed by atoms with Crippen molar-refractivity contribution in [1.82, 2.24) is 14.9 Å². The third-order valence-corrected chi connectivity index (χ3v) is 3.02. The second kappa shape index (κ2) is 6.34. The molecule has 0 aliphatic heterocycles. The van der Waals surface area contributed by atoms with E-state index in [-0.39, 0.29) is 5.91 Å². The zero-order valence-corrected chi connectivity index (χ0v) is 12.1. The van der Waals surface area contributed by atoms with Crippen LogP contribution in [0.2, 0.25) is 5.02 Å². The highest BCUT2D eigenvalue weighted by molar-refractivity contribution is 6.30. The van der Waals surface area contributed by atoms with Crippen LogP contribution in [0.3, 0.4) is 0 Å². The highest BCUT2D eigenvalue weighted by Gasteiger charge is 2.14. The van der Waals surface area contributed by atoms with Crippen molar-refractivity contribution in [3.8, 4) is 0 Å². The maximum absolute atomic E-state index is 12.2. The third kappa shape index (κ3) is 3.45. The quantitative estimate of drug-likeness (QED) is 0.940. The summed E-state index contributed by atoms with van der Waals surface area (Å²) >= 11 is 5.93. The molecule has 0 fully saturated rings. The molecule has 1 aromatic carbocycles. The number of anilines is 1. The molecule has 0 radical (unpaired) electrons. The van der Waals surface area contributed by atoms with E-state index in [1.54, 1.807) is 25.1 Å². The first-order chi connectivity index (χ1) is 9.60. The lowest BCUT2D eigenvalue weighted by Crippen LogP contribution is -2.27. The molecule has 6 heteroatoms. The van der Waals surface area contributed by atoms with E-state index in [0.29, 0.717) is 23.1 Å². The number of carbonyl (C=O) groups is 1. The van der Waals surface area contributed by atoms with Crippen LogP contribution in [0.5, 0.6) is 0 Å². The molecule has 0 saturated heterocycles. The lowest BCUT2D eigenvalue weighted by Gasteiger charge is -2.16. The number of nitrogens with zero attached hydrogens (tertiary/aromatic N) is 3. The summed E-state index contributed by atoms with van der Waals surface area (Å²) in [5.41, 5.74) is 1.28. The molecule has 1 N–H and O–H groups in total. The molecule has 0 bridgehead atoms. The van der Waals surface area contributed by atoms with Crippen molar-refractivity contribution in [2.45, 2.75) is 6.54 Å². The molecular formula is C14H15ClN4O. The highest BCUT2D eigenvalue weighted by atomic mass is 35.5. The molecule has 0 aliphatic carbocycles. The Morgan fingerprint density at radius 1 is 1.35 bits per heavy atom. The summed E-state index contributed by atoms with van der Waals surface area (Å²) in [4.78, 5) is 21.9. The molecule has 104 valence electrons. The van der Waals surface area contributed by atoms with Gasteiger partial charge < -0.3 is 10.2 Å². The number of hydrogen-bond donors (Lipinski definition) is 1. The molecule has 20 heavy (non-hydrogen) atoms. The van der Waals surface area contributed by atoms with Gasteiger partial charge in [0.1, 0.15) is 11.5 Å². The number of halogens is 1. The smallest absolute Gasteiger partial charge is 0.274 e. The van der Waals surface area contributed by atoms with Gasteiger partial charge >= 0.3 is 0 Å². The minimum Gasteiger partial charge on any atom is -0.372 e. The fourth-order valence-electron chi connectivity index (χ4n) is 1.74. The first-order valence-corrected chi connectivity index (χ1v) is 6.47. The molecule has 1 heterocycles. The van der Waals surface area contributed by atoms with Crippen LogP contribution in [0.1, 0.15) is 16.1 Å². The number of benzene rings is 1. The van der Waals surface area contributed by atoms with Crippen molar-refractivity contribution >= 4 is 23.3 Å². The summed E-state index contributed by atoms with van der Waals surface area (Å²) in [5, 5.41) is 3.51. The van der Waals surface area contributed by atoms with Gasteiger partial charge in [0.25, 0.3) is 5.91 Å². The molecule has 5 nitrogen and oxygen atoms in total. The van der Waals surface area contributed by atoms with Gasteiger partial charge in [-0.05, 0) is 17.7 Å². The van der Waals surface area contributed by atoms with E-state index in [9.17, 15) is 4.79 Å². The molecule has 1 aromatic heterocycles. The number of nitrogens with one attached hydrogen (secondary N) is 1. The van der Waals surface area contributed by atoms with Crippen molar-refractivity contribution in [3.05, 3.63) is 52.9 Å². The van der Waals surface area contributed by atoms with E-state index < -0.39 is 0 Å². The van der Waals surface area contributed by atoms with Crippen LogP contribution in [0.25, 0.3) is 0 Å². The average molecular weight is 291 g/mol. The molecule has 0 spiro atoms. The van der Waals surface area contributed by atoms with Gasteiger partial charge in [0, 0.05) is 25.7 Å². The second-order valence-electron chi connectivity index (χ2n) is 4.33. The maximum atomic E-state index is 12.2. The molecule has 2 aromatic rings. The van der Waals surface area contributed by atoms with Crippen LogP contribution in [-0.4, -0.2) is 34.9 Å². The number of amides is 1. The Bertz CT molecular complexity index is 600. The van der Waals surface area contributed by atoms with Crippen molar-refractivity contribution < 1.29 is 4.79 Å². The van der Waals surface area contributed by atoms with Gasteiger partial charge in [-0.15, -0.1) is 0 Å². The van der Waals surface area contributed by atoms with E-state index in [1.165, 1.54) is 12.4 Å². The van der Waals surface area contributed by atoms with Gasteiger partial charge in [-0.2, -0.15) is 0 Å². The first kappa shape index (κ1) is 14.3. The zero-order valence-electron chi connectivity index (χ0n) is 11.3. The lowest BCUT2D eigenvalue weighted by molar-refractivity contribution is 0.0779. The number of hydrogen-bond acceptors (Lipinski definition) is 4. The van der Waals surface area contributed by atoms with Crippen molar-refractivity contribution in [1.29, 1.82) is 0 Å². The maximum Gasteiger partial charge on any atom is 0.274 e. The normalized spacial score (nSPS) is 10.2. The van der Waals surface area contributed by atoms with Crippen LogP contribution >= 0.6 is 11.6 Å². The van der Waals surface area contributed by atoms with E-state index in [4.69, 9.17) is 11.6 Å². The van der Waals surface area contributed by atoms with E-state index in [1.807, 2.05) is 18.2 Å². The Labute approximate surface area is 122 Å². The Kier molecular flexibility index (Phi) is 4.53. The summed E-state index contributed by atoms with van der Waals surface area (Å²) in [6, 6.07) is 7.42. The summed E-state index contributed by atoms with van der Waals surface area (Å²) < 4.78 is 0. The predicted octanol–water partition coefficient (Wildman–Crippen LogP) is 2.44. The fourth-order valence-corrected chi connectivity index (χ4v) is 1.96. The lowest BCUT2D eigenvalue weighted by atomic mass is 10.2. The van der Waals surface area contributed by atoms with Gasteiger partial charge in [-0.1, -0.05) is 23.7 Å². The molecule has 0 atom stereocenters. The summed E-state index contributed by atoms with van der Waals surface area (Å²) in [7, 11) is 3.47. The van der Waals surface area contributed by atoms with Gasteiger partial charge in [-0.25, -0.2) is 9.97 Å². The van der Waals surface area contributed by atoms with Crippen molar-refractivity contribution in [2.75, 3.05) is 19.4 Å². The van der Waals surface area contributed by atoms with Crippen LogP contribution in [-0.2, 0) is 6.54 Å². The largest absolute Gasteiger partial charge is 0.372 e. The van der Waals surface area contributed by atoms with Gasteiger partial charge in [0.2, 0.25) is 0 Å². The molecule has 0 aliphatic rings. The molecular weight excluding hydrogens is 276 g/mol. The van der Waals surface area contributed by atoms with E-state index in [0.717, 1.165) is 5.56 Å². The summed E-state index contributed by atoms with van der Waals surface area (Å²) in [6.45, 7) is 0.467. The summed E-state index contributed by atoms with van der Waals surface area (Å²) in [6.07, 6.45) is 2.99. The second-order valence-corrected chi connectivity index (χ2v) is 4.76.